The molecule has 122 valence electrons. The molecule has 2 heterocycles. The predicted molar refractivity (Wildman–Crippen MR) is 81.2 cm³/mol. The van der Waals surface area contributed by atoms with Crippen LogP contribution in [0.3, 0.4) is 0 Å². The van der Waals surface area contributed by atoms with Crippen LogP contribution in [-0.2, 0) is 16.1 Å². The molecule has 2 aliphatic rings. The van der Waals surface area contributed by atoms with Crippen molar-refractivity contribution in [2.45, 2.75) is 44.2 Å². The van der Waals surface area contributed by atoms with E-state index in [1.807, 2.05) is 7.05 Å². The molecule has 0 aromatic carbocycles. The molecule has 0 atom stereocenters. The van der Waals surface area contributed by atoms with E-state index in [-0.39, 0.29) is 11.4 Å². The first-order valence-corrected chi connectivity index (χ1v) is 8.16. The zero-order valence-electron chi connectivity index (χ0n) is 13.3. The van der Waals surface area contributed by atoms with Crippen LogP contribution in [-0.4, -0.2) is 59.8 Å². The number of carbonyl (C=O) groups excluding carboxylic acids is 1. The summed E-state index contributed by atoms with van der Waals surface area (Å²) >= 11 is 0. The molecule has 0 spiro atoms. The number of carbonyl (C=O) groups is 1. The highest BCUT2D eigenvalue weighted by molar-refractivity contribution is 5.77. The fourth-order valence-corrected chi connectivity index (χ4v) is 3.74. The number of ether oxygens (including phenoxy) is 1. The topological polar surface area (TPSA) is 58.8 Å². The van der Waals surface area contributed by atoms with E-state index in [0.717, 1.165) is 44.8 Å². The molecule has 0 radical (unpaired) electrons. The Hall–Kier alpha value is -1.40. The van der Waals surface area contributed by atoms with Crippen LogP contribution >= 0.6 is 0 Å². The van der Waals surface area contributed by atoms with Gasteiger partial charge in [-0.05, 0) is 12.8 Å². The van der Waals surface area contributed by atoms with Crippen molar-refractivity contribution < 1.29 is 14.1 Å². The first-order chi connectivity index (χ1) is 10.7. The molecule has 1 amide bonds. The summed E-state index contributed by atoms with van der Waals surface area (Å²) in [6.07, 6.45) is 6.82. The highest BCUT2D eigenvalue weighted by Gasteiger charge is 2.42. The molecule has 1 aliphatic heterocycles. The number of amides is 1. The number of hydrogen-bond donors (Lipinski definition) is 0. The van der Waals surface area contributed by atoms with Crippen molar-refractivity contribution in [3.63, 3.8) is 0 Å². The van der Waals surface area contributed by atoms with Gasteiger partial charge in [-0.15, -0.1) is 0 Å². The Morgan fingerprint density at radius 1 is 1.36 bits per heavy atom. The fraction of sp³-hybridized carbons (Fsp3) is 0.750. The third-order valence-corrected chi connectivity index (χ3v) is 5.01. The number of rotatable bonds is 5. The second-order valence-corrected chi connectivity index (χ2v) is 6.45. The third-order valence-electron chi connectivity index (χ3n) is 5.01. The van der Waals surface area contributed by atoms with Crippen molar-refractivity contribution >= 4 is 5.91 Å². The van der Waals surface area contributed by atoms with Crippen molar-refractivity contribution in [3.05, 3.63) is 18.0 Å². The first-order valence-electron chi connectivity index (χ1n) is 8.16. The molecule has 6 nitrogen and oxygen atoms in total. The average molecular weight is 307 g/mol. The lowest BCUT2D eigenvalue weighted by molar-refractivity contribution is -0.135. The molecule has 3 rings (SSSR count). The standard InChI is InChI=1S/C16H25N3O3/c1-18(13-14-4-9-22-17-14)15(20)12-16(5-2-3-6-16)19-7-10-21-11-8-19/h4,9H,2-3,5-8,10-13H2,1H3. The highest BCUT2D eigenvalue weighted by Crippen LogP contribution is 2.39. The number of hydrogen-bond acceptors (Lipinski definition) is 5. The van der Waals surface area contributed by atoms with Gasteiger partial charge in [-0.2, -0.15) is 0 Å². The largest absolute Gasteiger partial charge is 0.379 e. The first kappa shape index (κ1) is 15.5. The second kappa shape index (κ2) is 6.79. The molecular weight excluding hydrogens is 282 g/mol. The summed E-state index contributed by atoms with van der Waals surface area (Å²) in [5, 5.41) is 3.88. The third kappa shape index (κ3) is 3.33. The zero-order valence-corrected chi connectivity index (χ0v) is 13.3. The summed E-state index contributed by atoms with van der Waals surface area (Å²) in [5.74, 6) is 0.191. The van der Waals surface area contributed by atoms with Gasteiger partial charge >= 0.3 is 0 Å². The lowest BCUT2D eigenvalue weighted by atomic mass is 9.89. The summed E-state index contributed by atoms with van der Waals surface area (Å²) in [5.41, 5.74) is 0.835. The Bertz CT molecular complexity index is 477. The maximum Gasteiger partial charge on any atom is 0.224 e. The second-order valence-electron chi connectivity index (χ2n) is 6.45. The number of nitrogens with zero attached hydrogens (tertiary/aromatic N) is 3. The van der Waals surface area contributed by atoms with Gasteiger partial charge in [0.05, 0.1) is 19.8 Å². The van der Waals surface area contributed by atoms with Gasteiger partial charge in [-0.3, -0.25) is 9.69 Å². The summed E-state index contributed by atoms with van der Waals surface area (Å²) in [6.45, 7) is 3.96. The summed E-state index contributed by atoms with van der Waals surface area (Å²) in [6, 6.07) is 1.80. The van der Waals surface area contributed by atoms with Gasteiger partial charge in [0.15, 0.2) is 0 Å². The maximum atomic E-state index is 12.7. The van der Waals surface area contributed by atoms with E-state index in [9.17, 15) is 4.79 Å². The normalized spacial score (nSPS) is 21.9. The molecule has 0 bridgehead atoms. The smallest absolute Gasteiger partial charge is 0.224 e. The monoisotopic (exact) mass is 307 g/mol. The molecule has 2 fully saturated rings. The molecule has 6 heteroatoms. The van der Waals surface area contributed by atoms with E-state index in [1.54, 1.807) is 17.2 Å². The molecule has 1 aromatic rings. The van der Waals surface area contributed by atoms with Crippen LogP contribution in [0, 0.1) is 0 Å². The Labute approximate surface area is 131 Å². The van der Waals surface area contributed by atoms with E-state index in [1.165, 1.54) is 12.8 Å². The van der Waals surface area contributed by atoms with Crippen LogP contribution in [0.4, 0.5) is 0 Å². The predicted octanol–water partition coefficient (Wildman–Crippen LogP) is 1.67. The van der Waals surface area contributed by atoms with Gasteiger partial charge in [-0.1, -0.05) is 18.0 Å². The molecule has 1 aromatic heterocycles. The van der Waals surface area contributed by atoms with E-state index >= 15 is 0 Å². The molecule has 1 saturated heterocycles. The minimum absolute atomic E-state index is 0.0406. The van der Waals surface area contributed by atoms with Crippen LogP contribution < -0.4 is 0 Å². The molecule has 0 unspecified atom stereocenters. The summed E-state index contributed by atoms with van der Waals surface area (Å²) in [7, 11) is 1.85. The van der Waals surface area contributed by atoms with Gasteiger partial charge in [0, 0.05) is 38.2 Å². The quantitative estimate of drug-likeness (QED) is 0.828. The van der Waals surface area contributed by atoms with Gasteiger partial charge < -0.3 is 14.2 Å². The van der Waals surface area contributed by atoms with Crippen molar-refractivity contribution in [3.8, 4) is 0 Å². The number of morpholine rings is 1. The van der Waals surface area contributed by atoms with Crippen LogP contribution in [0.15, 0.2) is 16.9 Å². The van der Waals surface area contributed by atoms with E-state index < -0.39 is 0 Å². The minimum atomic E-state index is 0.0406. The summed E-state index contributed by atoms with van der Waals surface area (Å²) in [4.78, 5) is 16.9. The lowest BCUT2D eigenvalue weighted by Crippen LogP contribution is -2.54. The molecule has 1 saturated carbocycles. The molecule has 0 N–H and O–H groups in total. The minimum Gasteiger partial charge on any atom is -0.379 e. The Kier molecular flexibility index (Phi) is 4.78. The van der Waals surface area contributed by atoms with Crippen molar-refractivity contribution in [2.24, 2.45) is 0 Å². The van der Waals surface area contributed by atoms with E-state index in [4.69, 9.17) is 9.26 Å². The van der Waals surface area contributed by atoms with Crippen molar-refractivity contribution in [1.29, 1.82) is 0 Å². The SMILES string of the molecule is CN(Cc1ccon1)C(=O)CC1(N2CCOCC2)CCCC1. The van der Waals surface area contributed by atoms with Crippen molar-refractivity contribution in [2.75, 3.05) is 33.4 Å². The number of aromatic nitrogens is 1. The highest BCUT2D eigenvalue weighted by atomic mass is 16.5. The van der Waals surface area contributed by atoms with E-state index in [2.05, 4.69) is 10.1 Å². The lowest BCUT2D eigenvalue weighted by Gasteiger charge is -2.43. The van der Waals surface area contributed by atoms with Gasteiger partial charge in [0.2, 0.25) is 5.91 Å². The van der Waals surface area contributed by atoms with Crippen LogP contribution in [0.5, 0.6) is 0 Å². The van der Waals surface area contributed by atoms with Gasteiger partial charge in [0.1, 0.15) is 12.0 Å². The molecule has 22 heavy (non-hydrogen) atoms. The van der Waals surface area contributed by atoms with E-state index in [0.29, 0.717) is 13.0 Å². The Balaban J connectivity index is 1.63. The summed E-state index contributed by atoms with van der Waals surface area (Å²) < 4.78 is 10.3. The van der Waals surface area contributed by atoms with Crippen LogP contribution in [0.1, 0.15) is 37.8 Å². The van der Waals surface area contributed by atoms with Gasteiger partial charge in [-0.25, -0.2) is 0 Å². The van der Waals surface area contributed by atoms with Crippen LogP contribution in [0.2, 0.25) is 0 Å². The Morgan fingerprint density at radius 2 is 2.09 bits per heavy atom. The maximum absolute atomic E-state index is 12.7. The Morgan fingerprint density at radius 3 is 2.73 bits per heavy atom. The van der Waals surface area contributed by atoms with Crippen LogP contribution in [0.25, 0.3) is 0 Å². The van der Waals surface area contributed by atoms with Gasteiger partial charge in [0.25, 0.3) is 0 Å². The zero-order chi connectivity index (χ0) is 15.4. The fourth-order valence-electron chi connectivity index (χ4n) is 3.74. The molecule has 1 aliphatic carbocycles. The molecular formula is C16H25N3O3. The van der Waals surface area contributed by atoms with Crippen molar-refractivity contribution in [1.82, 2.24) is 15.0 Å². The average Bonchev–Trinajstić information content (AvgIpc) is 3.20.